The van der Waals surface area contributed by atoms with E-state index in [0.717, 1.165) is 25.3 Å². The molecule has 0 aliphatic carbocycles. The van der Waals surface area contributed by atoms with E-state index in [1.165, 1.54) is 10.5 Å². The van der Waals surface area contributed by atoms with Crippen LogP contribution >= 0.6 is 7.60 Å². The standard InChI is InChI=1S/C18H21F3N5O4P/c1-2-30-31(28,29)10-15-23-24-16-17(27)22-12-8-11(18(19,20)21)13(9-14(12)26(15)16)25-6-4-3-5-7-25/h8-9H,2-7,10H2,1H3,(H,22,27)(H,28,29). The highest BCUT2D eigenvalue weighted by Crippen LogP contribution is 2.45. The van der Waals surface area contributed by atoms with Crippen molar-refractivity contribution in [3.8, 4) is 0 Å². The largest absolute Gasteiger partial charge is 0.418 e. The van der Waals surface area contributed by atoms with Gasteiger partial charge in [-0.25, -0.2) is 0 Å². The van der Waals surface area contributed by atoms with E-state index in [0.29, 0.717) is 13.1 Å². The number of halogens is 3. The molecule has 1 fully saturated rings. The number of fused-ring (bicyclic) bond motifs is 3. The van der Waals surface area contributed by atoms with Crippen LogP contribution in [0.5, 0.6) is 0 Å². The summed E-state index contributed by atoms with van der Waals surface area (Å²) in [6.45, 7) is 2.49. The first-order valence-corrected chi connectivity index (χ1v) is 11.6. The number of hydrogen-bond acceptors (Lipinski definition) is 6. The van der Waals surface area contributed by atoms with Crippen molar-refractivity contribution < 1.29 is 27.2 Å². The van der Waals surface area contributed by atoms with E-state index in [-0.39, 0.29) is 34.8 Å². The SMILES string of the molecule is CCOP(=O)(O)Cc1nnc2c(=O)[nH]c3cc(C(F)(F)F)c(N4CCCCC4)cc3n12. The van der Waals surface area contributed by atoms with Gasteiger partial charge in [0.1, 0.15) is 12.0 Å². The number of aromatic nitrogens is 4. The molecule has 3 heterocycles. The summed E-state index contributed by atoms with van der Waals surface area (Å²) in [6.07, 6.45) is -2.67. The van der Waals surface area contributed by atoms with Crippen molar-refractivity contribution >= 4 is 30.0 Å². The molecule has 0 spiro atoms. The van der Waals surface area contributed by atoms with Gasteiger partial charge in [-0.1, -0.05) is 0 Å². The normalized spacial score (nSPS) is 17.4. The Labute approximate surface area is 174 Å². The van der Waals surface area contributed by atoms with Crippen LogP contribution in [0.2, 0.25) is 0 Å². The monoisotopic (exact) mass is 459 g/mol. The van der Waals surface area contributed by atoms with Gasteiger partial charge in [0.15, 0.2) is 0 Å². The highest BCUT2D eigenvalue weighted by Gasteiger charge is 2.36. The fourth-order valence-corrected chi connectivity index (χ4v) is 4.97. The Morgan fingerprint density at radius 3 is 2.58 bits per heavy atom. The Hall–Kier alpha value is -2.43. The third kappa shape index (κ3) is 4.19. The number of nitrogens with zero attached hydrogens (tertiary/aromatic N) is 4. The maximum atomic E-state index is 13.8. The topological polar surface area (TPSA) is 113 Å². The molecule has 9 nitrogen and oxygen atoms in total. The summed E-state index contributed by atoms with van der Waals surface area (Å²) in [5.74, 6) is -0.0465. The molecular weight excluding hydrogens is 438 g/mol. The number of piperidine rings is 1. The van der Waals surface area contributed by atoms with Crippen molar-refractivity contribution in [3.63, 3.8) is 0 Å². The van der Waals surface area contributed by atoms with Gasteiger partial charge in [0.2, 0.25) is 5.65 Å². The minimum absolute atomic E-state index is 0.00955. The smallest absolute Gasteiger partial charge is 0.371 e. The van der Waals surface area contributed by atoms with E-state index in [1.807, 2.05) is 0 Å². The first-order chi connectivity index (χ1) is 14.6. The molecule has 2 aromatic heterocycles. The quantitative estimate of drug-likeness (QED) is 0.563. The van der Waals surface area contributed by atoms with E-state index in [4.69, 9.17) is 4.52 Å². The third-order valence-electron chi connectivity index (χ3n) is 5.21. The molecule has 4 rings (SSSR count). The van der Waals surface area contributed by atoms with Crippen LogP contribution in [0.3, 0.4) is 0 Å². The molecule has 1 saturated heterocycles. The van der Waals surface area contributed by atoms with Gasteiger partial charge >= 0.3 is 13.8 Å². The fraction of sp³-hybridized carbons (Fsp3) is 0.500. The van der Waals surface area contributed by atoms with Crippen LogP contribution in [0.1, 0.15) is 37.6 Å². The van der Waals surface area contributed by atoms with Crippen molar-refractivity contribution in [1.82, 2.24) is 19.6 Å². The number of alkyl halides is 3. The molecule has 0 radical (unpaired) electrons. The predicted molar refractivity (Wildman–Crippen MR) is 107 cm³/mol. The van der Waals surface area contributed by atoms with Crippen LogP contribution in [0, 0.1) is 0 Å². The van der Waals surface area contributed by atoms with E-state index in [1.54, 1.807) is 11.8 Å². The van der Waals surface area contributed by atoms with Gasteiger partial charge in [-0.2, -0.15) is 13.2 Å². The second kappa shape index (κ2) is 7.92. The number of rotatable bonds is 5. The van der Waals surface area contributed by atoms with Crippen molar-refractivity contribution in [2.45, 2.75) is 38.5 Å². The van der Waals surface area contributed by atoms with Crippen LogP contribution in [0.25, 0.3) is 16.7 Å². The van der Waals surface area contributed by atoms with Gasteiger partial charge < -0.3 is 19.3 Å². The minimum atomic E-state index is -4.63. The molecule has 0 saturated carbocycles. The molecule has 31 heavy (non-hydrogen) atoms. The molecule has 0 amide bonds. The first kappa shape index (κ1) is 21.8. The second-order valence-corrected chi connectivity index (χ2v) is 9.22. The van der Waals surface area contributed by atoms with E-state index in [9.17, 15) is 27.4 Å². The molecule has 168 valence electrons. The van der Waals surface area contributed by atoms with Gasteiger partial charge in [0.05, 0.1) is 28.9 Å². The number of anilines is 1. The van der Waals surface area contributed by atoms with Gasteiger partial charge in [0.25, 0.3) is 5.56 Å². The Bertz CT molecular complexity index is 1230. The molecule has 13 heteroatoms. The fourth-order valence-electron chi connectivity index (χ4n) is 3.91. The zero-order valence-electron chi connectivity index (χ0n) is 16.6. The lowest BCUT2D eigenvalue weighted by atomic mass is 10.1. The number of H-pyrrole nitrogens is 1. The number of hydrogen-bond donors (Lipinski definition) is 2. The van der Waals surface area contributed by atoms with Crippen LogP contribution in [0.4, 0.5) is 18.9 Å². The van der Waals surface area contributed by atoms with Crippen molar-refractivity contribution in [2.75, 3.05) is 24.6 Å². The lowest BCUT2D eigenvalue weighted by Crippen LogP contribution is -2.31. The van der Waals surface area contributed by atoms with Crippen LogP contribution in [-0.2, 0) is 21.4 Å². The second-order valence-electron chi connectivity index (χ2n) is 7.37. The van der Waals surface area contributed by atoms with Gasteiger partial charge in [-0.05, 0) is 38.3 Å². The highest BCUT2D eigenvalue weighted by molar-refractivity contribution is 7.51. The number of nitrogens with one attached hydrogen (secondary N) is 1. The summed E-state index contributed by atoms with van der Waals surface area (Å²) in [5.41, 5.74) is -1.66. The summed E-state index contributed by atoms with van der Waals surface area (Å²) in [5, 5.41) is 7.60. The maximum Gasteiger partial charge on any atom is 0.418 e. The van der Waals surface area contributed by atoms with Crippen LogP contribution in [0.15, 0.2) is 16.9 Å². The van der Waals surface area contributed by atoms with Crippen molar-refractivity contribution in [1.29, 1.82) is 0 Å². The number of aromatic amines is 1. The molecule has 1 unspecified atom stereocenters. The highest BCUT2D eigenvalue weighted by atomic mass is 31.2. The Morgan fingerprint density at radius 1 is 1.23 bits per heavy atom. The molecule has 0 bridgehead atoms. The van der Waals surface area contributed by atoms with E-state index >= 15 is 0 Å². The molecule has 2 N–H and O–H groups in total. The van der Waals surface area contributed by atoms with Gasteiger partial charge in [0, 0.05) is 13.1 Å². The Kier molecular flexibility index (Phi) is 5.57. The number of benzene rings is 1. The third-order valence-corrected chi connectivity index (χ3v) is 6.55. The van der Waals surface area contributed by atoms with Crippen LogP contribution in [-0.4, -0.2) is 44.2 Å². The molecule has 3 aromatic rings. The summed E-state index contributed by atoms with van der Waals surface area (Å²) >= 11 is 0. The lowest BCUT2D eigenvalue weighted by molar-refractivity contribution is -0.137. The van der Waals surface area contributed by atoms with E-state index < -0.39 is 31.1 Å². The zero-order valence-corrected chi connectivity index (χ0v) is 17.5. The Morgan fingerprint density at radius 2 is 1.94 bits per heavy atom. The van der Waals surface area contributed by atoms with Gasteiger partial charge in [-0.15, -0.1) is 10.2 Å². The molecule has 1 atom stereocenters. The van der Waals surface area contributed by atoms with Gasteiger partial charge in [-0.3, -0.25) is 13.8 Å². The zero-order chi connectivity index (χ0) is 22.4. The average Bonchev–Trinajstić information content (AvgIpc) is 3.11. The average molecular weight is 459 g/mol. The first-order valence-electron chi connectivity index (χ1n) is 9.83. The Balaban J connectivity index is 1.99. The summed E-state index contributed by atoms with van der Waals surface area (Å²) in [6, 6.07) is 2.23. The maximum absolute atomic E-state index is 13.8. The molecular formula is C18H21F3N5O4P. The summed E-state index contributed by atoms with van der Waals surface area (Å²) < 4.78 is 59.9. The lowest BCUT2D eigenvalue weighted by Gasteiger charge is -2.31. The molecule has 1 aliphatic rings. The van der Waals surface area contributed by atoms with E-state index in [2.05, 4.69) is 15.2 Å². The summed E-state index contributed by atoms with van der Waals surface area (Å²) in [4.78, 5) is 26.5. The van der Waals surface area contributed by atoms with Crippen molar-refractivity contribution in [3.05, 3.63) is 33.9 Å². The molecule has 1 aromatic carbocycles. The van der Waals surface area contributed by atoms with Crippen molar-refractivity contribution in [2.24, 2.45) is 0 Å². The minimum Gasteiger partial charge on any atom is -0.371 e. The molecule has 1 aliphatic heterocycles. The summed E-state index contributed by atoms with van der Waals surface area (Å²) in [7, 11) is -4.08. The van der Waals surface area contributed by atoms with Crippen LogP contribution < -0.4 is 10.5 Å². The predicted octanol–water partition coefficient (Wildman–Crippen LogP) is 3.30.